The third-order valence-corrected chi connectivity index (χ3v) is 2.48. The minimum absolute atomic E-state index is 0.286. The van der Waals surface area contributed by atoms with E-state index in [9.17, 15) is 0 Å². The van der Waals surface area contributed by atoms with Gasteiger partial charge in [-0.15, -0.1) is 0 Å². The Morgan fingerprint density at radius 1 is 1.42 bits per heavy atom. The summed E-state index contributed by atoms with van der Waals surface area (Å²) in [5.41, 5.74) is 4.16. The Morgan fingerprint density at radius 3 is 3.08 bits per heavy atom. The quantitative estimate of drug-likeness (QED) is 0.569. The number of ether oxygens (including phenoxy) is 1. The molecule has 0 aliphatic carbocycles. The van der Waals surface area contributed by atoms with Crippen molar-refractivity contribution < 1.29 is 4.74 Å². The standard InChI is InChI=1S/C11H14O/c1-8-3-4-10-5-6-12-9(2)11(10)7-8/h3-4,7,9H,5-6H2,1-2H3. The molecule has 1 atom stereocenters. The summed E-state index contributed by atoms with van der Waals surface area (Å²) < 4.78 is 5.56. The zero-order chi connectivity index (χ0) is 8.55. The first-order valence-electron chi connectivity index (χ1n) is 4.48. The zero-order valence-corrected chi connectivity index (χ0v) is 7.63. The number of aryl methyl sites for hydroxylation is 1. The summed E-state index contributed by atoms with van der Waals surface area (Å²) in [5, 5.41) is 0. The third kappa shape index (κ3) is 1.25. The van der Waals surface area contributed by atoms with Crippen LogP contribution in [0.3, 0.4) is 0 Å². The molecule has 0 bridgehead atoms. The summed E-state index contributed by atoms with van der Waals surface area (Å²) in [5.74, 6) is 0. The van der Waals surface area contributed by atoms with Crippen LogP contribution in [0.2, 0.25) is 0 Å². The highest BCUT2D eigenvalue weighted by Gasteiger charge is 2.15. The highest BCUT2D eigenvalue weighted by atomic mass is 16.5. The fourth-order valence-electron chi connectivity index (χ4n) is 1.76. The molecule has 0 saturated carbocycles. The van der Waals surface area contributed by atoms with Gasteiger partial charge in [0.05, 0.1) is 12.7 Å². The number of hydrogen-bond acceptors (Lipinski definition) is 1. The van der Waals surface area contributed by atoms with E-state index in [0.717, 1.165) is 13.0 Å². The van der Waals surface area contributed by atoms with Crippen molar-refractivity contribution >= 4 is 0 Å². The predicted molar refractivity (Wildman–Crippen MR) is 49.3 cm³/mol. The summed E-state index contributed by atoms with van der Waals surface area (Å²) >= 11 is 0. The van der Waals surface area contributed by atoms with Crippen LogP contribution in [0.4, 0.5) is 0 Å². The normalized spacial score (nSPS) is 22.0. The molecule has 1 heterocycles. The zero-order valence-electron chi connectivity index (χ0n) is 7.63. The monoisotopic (exact) mass is 162 g/mol. The second-order valence-electron chi connectivity index (χ2n) is 3.47. The van der Waals surface area contributed by atoms with Crippen molar-refractivity contribution in [3.63, 3.8) is 0 Å². The van der Waals surface area contributed by atoms with E-state index in [0.29, 0.717) is 0 Å². The molecule has 0 N–H and O–H groups in total. The average Bonchev–Trinajstić information content (AvgIpc) is 2.07. The van der Waals surface area contributed by atoms with Gasteiger partial charge in [-0.1, -0.05) is 23.8 Å². The smallest absolute Gasteiger partial charge is 0.0799 e. The number of hydrogen-bond donors (Lipinski definition) is 0. The number of rotatable bonds is 0. The maximum atomic E-state index is 5.56. The SMILES string of the molecule is Cc1ccc2c(c1)C(C)OCC2. The van der Waals surface area contributed by atoms with Crippen LogP contribution < -0.4 is 0 Å². The Bertz CT molecular complexity index is 291. The van der Waals surface area contributed by atoms with Crippen LogP contribution >= 0.6 is 0 Å². The van der Waals surface area contributed by atoms with E-state index in [1.54, 1.807) is 0 Å². The Labute approximate surface area is 73.4 Å². The van der Waals surface area contributed by atoms with Crippen molar-refractivity contribution in [3.05, 3.63) is 34.9 Å². The molecule has 0 saturated heterocycles. The van der Waals surface area contributed by atoms with Crippen molar-refractivity contribution in [1.82, 2.24) is 0 Å². The highest BCUT2D eigenvalue weighted by molar-refractivity contribution is 5.34. The lowest BCUT2D eigenvalue weighted by Crippen LogP contribution is -2.13. The Morgan fingerprint density at radius 2 is 2.25 bits per heavy atom. The highest BCUT2D eigenvalue weighted by Crippen LogP contribution is 2.26. The van der Waals surface area contributed by atoms with E-state index in [2.05, 4.69) is 32.0 Å². The van der Waals surface area contributed by atoms with E-state index in [1.165, 1.54) is 16.7 Å². The van der Waals surface area contributed by atoms with Gasteiger partial charge in [0, 0.05) is 0 Å². The van der Waals surface area contributed by atoms with E-state index in [-0.39, 0.29) is 6.10 Å². The molecule has 1 unspecified atom stereocenters. The molecule has 0 aromatic heterocycles. The molecule has 1 aliphatic rings. The maximum absolute atomic E-state index is 5.56. The molecule has 0 fully saturated rings. The molecule has 2 rings (SSSR count). The minimum atomic E-state index is 0.286. The predicted octanol–water partition coefficient (Wildman–Crippen LogP) is 2.63. The van der Waals surface area contributed by atoms with E-state index >= 15 is 0 Å². The molecule has 0 amide bonds. The lowest BCUT2D eigenvalue weighted by Gasteiger charge is -2.23. The van der Waals surface area contributed by atoms with Crippen LogP contribution in [-0.4, -0.2) is 6.61 Å². The number of fused-ring (bicyclic) bond motifs is 1. The van der Waals surface area contributed by atoms with E-state index in [4.69, 9.17) is 4.74 Å². The van der Waals surface area contributed by atoms with Gasteiger partial charge >= 0.3 is 0 Å². The molecule has 1 aromatic rings. The van der Waals surface area contributed by atoms with Crippen molar-refractivity contribution in [3.8, 4) is 0 Å². The molecule has 0 radical (unpaired) electrons. The molecular weight excluding hydrogens is 148 g/mol. The van der Waals surface area contributed by atoms with Crippen molar-refractivity contribution in [2.45, 2.75) is 26.4 Å². The van der Waals surface area contributed by atoms with Crippen LogP contribution in [0, 0.1) is 6.92 Å². The first kappa shape index (κ1) is 7.81. The second kappa shape index (κ2) is 2.91. The first-order valence-corrected chi connectivity index (χ1v) is 4.48. The van der Waals surface area contributed by atoms with E-state index < -0.39 is 0 Å². The minimum Gasteiger partial charge on any atom is -0.373 e. The molecule has 1 aromatic carbocycles. The Hall–Kier alpha value is -0.820. The fraction of sp³-hybridized carbons (Fsp3) is 0.455. The Kier molecular flexibility index (Phi) is 1.89. The summed E-state index contributed by atoms with van der Waals surface area (Å²) in [4.78, 5) is 0. The van der Waals surface area contributed by atoms with Gasteiger partial charge < -0.3 is 4.74 Å². The van der Waals surface area contributed by atoms with Crippen LogP contribution in [0.15, 0.2) is 18.2 Å². The lowest BCUT2D eigenvalue weighted by molar-refractivity contribution is 0.0555. The van der Waals surface area contributed by atoms with Gasteiger partial charge in [0.15, 0.2) is 0 Å². The van der Waals surface area contributed by atoms with Gasteiger partial charge in [0.1, 0.15) is 0 Å². The van der Waals surface area contributed by atoms with Gasteiger partial charge in [-0.05, 0) is 31.4 Å². The van der Waals surface area contributed by atoms with Crippen LogP contribution in [0.25, 0.3) is 0 Å². The van der Waals surface area contributed by atoms with Crippen molar-refractivity contribution in [1.29, 1.82) is 0 Å². The summed E-state index contributed by atoms with van der Waals surface area (Å²) in [6, 6.07) is 6.64. The molecule has 0 spiro atoms. The molecule has 1 nitrogen and oxygen atoms in total. The fourth-order valence-corrected chi connectivity index (χ4v) is 1.76. The largest absolute Gasteiger partial charge is 0.373 e. The van der Waals surface area contributed by atoms with Gasteiger partial charge in [0.25, 0.3) is 0 Å². The molecule has 1 heteroatoms. The van der Waals surface area contributed by atoms with Crippen LogP contribution in [0.1, 0.15) is 29.7 Å². The lowest BCUT2D eigenvalue weighted by atomic mass is 9.96. The van der Waals surface area contributed by atoms with E-state index in [1.807, 2.05) is 0 Å². The Balaban J connectivity index is 2.47. The number of benzene rings is 1. The maximum Gasteiger partial charge on any atom is 0.0799 e. The summed E-state index contributed by atoms with van der Waals surface area (Å²) in [6.45, 7) is 5.12. The molecule has 1 aliphatic heterocycles. The molecule has 64 valence electrons. The first-order chi connectivity index (χ1) is 5.77. The van der Waals surface area contributed by atoms with Gasteiger partial charge in [0.2, 0.25) is 0 Å². The van der Waals surface area contributed by atoms with Gasteiger partial charge in [-0.3, -0.25) is 0 Å². The van der Waals surface area contributed by atoms with Crippen molar-refractivity contribution in [2.75, 3.05) is 6.61 Å². The summed E-state index contributed by atoms with van der Waals surface area (Å²) in [7, 11) is 0. The van der Waals surface area contributed by atoms with Crippen LogP contribution in [0.5, 0.6) is 0 Å². The van der Waals surface area contributed by atoms with Gasteiger partial charge in [-0.2, -0.15) is 0 Å². The third-order valence-electron chi connectivity index (χ3n) is 2.48. The average molecular weight is 162 g/mol. The van der Waals surface area contributed by atoms with Gasteiger partial charge in [-0.25, -0.2) is 0 Å². The molecule has 12 heavy (non-hydrogen) atoms. The molecular formula is C11H14O. The van der Waals surface area contributed by atoms with Crippen molar-refractivity contribution in [2.24, 2.45) is 0 Å². The topological polar surface area (TPSA) is 9.23 Å². The second-order valence-corrected chi connectivity index (χ2v) is 3.47. The van der Waals surface area contributed by atoms with Crippen LogP contribution in [-0.2, 0) is 11.2 Å². The summed E-state index contributed by atoms with van der Waals surface area (Å²) in [6.07, 6.45) is 1.36.